The zero-order chi connectivity index (χ0) is 39.9. The summed E-state index contributed by atoms with van der Waals surface area (Å²) in [6, 6.07) is 17.6. The maximum Gasteiger partial charge on any atom is 0.271 e. The number of hydrogen-bond acceptors (Lipinski definition) is 11. The van der Waals surface area contributed by atoms with Crippen molar-refractivity contribution in [3.05, 3.63) is 88.8 Å². The third-order valence-electron chi connectivity index (χ3n) is 11.7. The van der Waals surface area contributed by atoms with Crippen LogP contribution in [0.4, 0.5) is 27.3 Å². The van der Waals surface area contributed by atoms with E-state index in [0.29, 0.717) is 54.9 Å². The Hall–Kier alpha value is -5.51. The first kappa shape index (κ1) is 38.0. The number of ether oxygens (including phenoxy) is 1. The predicted molar refractivity (Wildman–Crippen MR) is 219 cm³/mol. The molecule has 58 heavy (non-hydrogen) atoms. The first-order valence-electron chi connectivity index (χ1n) is 20.0. The molecule has 6 heterocycles. The van der Waals surface area contributed by atoms with Crippen molar-refractivity contribution in [3.8, 4) is 17.0 Å². The minimum absolute atomic E-state index is 0.169. The van der Waals surface area contributed by atoms with Crippen LogP contribution in [0.1, 0.15) is 53.7 Å². The molecule has 0 bridgehead atoms. The Labute approximate surface area is 340 Å². The van der Waals surface area contributed by atoms with E-state index in [0.717, 1.165) is 85.0 Å². The fourth-order valence-electron chi connectivity index (χ4n) is 8.32. The molecule has 9 rings (SSSR count). The Balaban J connectivity index is 0.792. The molecule has 16 heteroatoms. The molecule has 14 nitrogen and oxygen atoms in total. The van der Waals surface area contributed by atoms with Crippen LogP contribution in [0.25, 0.3) is 16.9 Å². The SMILES string of the molecule is CNc1cc(N2CCc3c(-c4ccc(OCCC5CCN(Cc6ccc(Cl)c(N7CCC(=O)NC7O)c6)CC5)cn4)cccc32)nn2c(C(=O)N[C@@H]3C[C@@H]3F)cnc12. The van der Waals surface area contributed by atoms with E-state index in [-0.39, 0.29) is 11.6 Å². The maximum atomic E-state index is 13.5. The Bertz CT molecular complexity index is 2340. The number of carbonyl (C=O) groups excluding carboxylic acids is 2. The van der Waals surface area contributed by atoms with Crippen molar-refractivity contribution in [3.63, 3.8) is 0 Å². The normalized spacial score (nSPS) is 20.9. The molecule has 5 aromatic rings. The highest BCUT2D eigenvalue weighted by Gasteiger charge is 2.39. The number of piperidine rings is 1. The number of amides is 2. The van der Waals surface area contributed by atoms with Crippen LogP contribution >= 0.6 is 11.6 Å². The van der Waals surface area contributed by atoms with Gasteiger partial charge in [0.2, 0.25) is 12.3 Å². The number of halogens is 2. The van der Waals surface area contributed by atoms with Crippen LogP contribution in [0.5, 0.6) is 5.75 Å². The number of imidazole rings is 1. The first-order chi connectivity index (χ1) is 28.2. The molecular weight excluding hydrogens is 763 g/mol. The molecule has 2 saturated heterocycles. The van der Waals surface area contributed by atoms with Gasteiger partial charge < -0.3 is 35.6 Å². The number of rotatable bonds is 12. The van der Waals surface area contributed by atoms with Gasteiger partial charge in [-0.05, 0) is 86.1 Å². The van der Waals surface area contributed by atoms with Crippen molar-refractivity contribution >= 4 is 51.9 Å². The molecule has 302 valence electrons. The van der Waals surface area contributed by atoms with Crippen molar-refractivity contribution in [2.45, 2.75) is 63.6 Å². The van der Waals surface area contributed by atoms with E-state index in [1.807, 2.05) is 42.5 Å². The summed E-state index contributed by atoms with van der Waals surface area (Å²) in [6.07, 6.45) is 5.78. The number of aromatic nitrogens is 4. The van der Waals surface area contributed by atoms with Gasteiger partial charge in [-0.25, -0.2) is 13.9 Å². The van der Waals surface area contributed by atoms with Crippen molar-refractivity contribution in [1.29, 1.82) is 0 Å². The Kier molecular flexibility index (Phi) is 10.5. The third kappa shape index (κ3) is 7.73. The number of hydrogen-bond donors (Lipinski definition) is 4. The highest BCUT2D eigenvalue weighted by atomic mass is 35.5. The number of aliphatic hydroxyl groups excluding tert-OH is 1. The van der Waals surface area contributed by atoms with Crippen LogP contribution in [0.3, 0.4) is 0 Å². The second-order valence-electron chi connectivity index (χ2n) is 15.5. The van der Waals surface area contributed by atoms with E-state index in [2.05, 4.69) is 42.9 Å². The molecule has 1 saturated carbocycles. The zero-order valence-electron chi connectivity index (χ0n) is 32.2. The molecule has 1 unspecified atom stereocenters. The standard InChI is InChI=1S/C42H46ClFN10O4/c1-45-34-21-38(50-54-37(23-47-40(34)54)41(56)48-33-20-31(33)44)52-16-11-29-28(3-2-4-35(29)52)32-8-6-27(22-46-32)58-18-13-25-9-14-51(15-10-25)24-26-5-7-30(43)36(19-26)53-17-12-39(55)49-42(53)57/h2-8,19,21-23,25,31,33,42,45,57H,9-18,20,24H2,1H3,(H,48,56)(H,49,55)/t31-,33+,42?/m0/s1. The number of pyridine rings is 1. The van der Waals surface area contributed by atoms with Gasteiger partial charge in [-0.1, -0.05) is 29.8 Å². The van der Waals surface area contributed by atoms with Crippen molar-refractivity contribution in [1.82, 2.24) is 35.1 Å². The van der Waals surface area contributed by atoms with Crippen LogP contribution < -0.4 is 30.5 Å². The van der Waals surface area contributed by atoms with Gasteiger partial charge >= 0.3 is 0 Å². The number of fused-ring (bicyclic) bond motifs is 2. The zero-order valence-corrected chi connectivity index (χ0v) is 33.0. The van der Waals surface area contributed by atoms with E-state index in [9.17, 15) is 19.1 Å². The van der Waals surface area contributed by atoms with Gasteiger partial charge in [0.15, 0.2) is 17.2 Å². The molecule has 2 amide bonds. The summed E-state index contributed by atoms with van der Waals surface area (Å²) in [6.45, 7) is 4.52. The molecule has 2 aromatic carbocycles. The van der Waals surface area contributed by atoms with E-state index >= 15 is 0 Å². The topological polar surface area (TPSA) is 152 Å². The Morgan fingerprint density at radius 3 is 2.64 bits per heavy atom. The van der Waals surface area contributed by atoms with Crippen molar-refractivity contribution < 1.29 is 23.8 Å². The summed E-state index contributed by atoms with van der Waals surface area (Å²) in [5.74, 6) is 1.42. The molecule has 4 aliphatic rings. The lowest BCUT2D eigenvalue weighted by Gasteiger charge is -2.35. The quantitative estimate of drug-likeness (QED) is 0.130. The van der Waals surface area contributed by atoms with Crippen LogP contribution in [-0.2, 0) is 17.8 Å². The smallest absolute Gasteiger partial charge is 0.271 e. The van der Waals surface area contributed by atoms with Crippen LogP contribution in [0.2, 0.25) is 5.02 Å². The minimum atomic E-state index is -1.08. The minimum Gasteiger partial charge on any atom is -0.492 e. The van der Waals surface area contributed by atoms with Gasteiger partial charge in [0, 0.05) is 56.8 Å². The van der Waals surface area contributed by atoms with Crippen LogP contribution in [-0.4, -0.2) is 99.8 Å². The molecule has 4 N–H and O–H groups in total. The Morgan fingerprint density at radius 2 is 1.88 bits per heavy atom. The number of alkyl halides is 1. The molecule has 3 atom stereocenters. The lowest BCUT2D eigenvalue weighted by molar-refractivity contribution is -0.125. The van der Waals surface area contributed by atoms with Crippen molar-refractivity contribution in [2.24, 2.45) is 5.92 Å². The maximum absolute atomic E-state index is 13.5. The lowest BCUT2D eigenvalue weighted by atomic mass is 9.93. The van der Waals surface area contributed by atoms with E-state index in [4.69, 9.17) is 26.4 Å². The van der Waals surface area contributed by atoms with Crippen molar-refractivity contribution in [2.75, 3.05) is 55.0 Å². The highest BCUT2D eigenvalue weighted by molar-refractivity contribution is 6.33. The monoisotopic (exact) mass is 808 g/mol. The first-order valence-corrected chi connectivity index (χ1v) is 20.3. The van der Waals surface area contributed by atoms with E-state index < -0.39 is 24.5 Å². The molecule has 0 radical (unpaired) electrons. The molecule has 3 aliphatic heterocycles. The fraction of sp³-hybridized carbons (Fsp3) is 0.405. The van der Waals surface area contributed by atoms with Gasteiger partial charge in [-0.3, -0.25) is 19.5 Å². The number of benzene rings is 2. The summed E-state index contributed by atoms with van der Waals surface area (Å²) in [4.78, 5) is 40.2. The summed E-state index contributed by atoms with van der Waals surface area (Å²) in [7, 11) is 1.81. The van der Waals surface area contributed by atoms with Gasteiger partial charge in [-0.15, -0.1) is 5.10 Å². The van der Waals surface area contributed by atoms with Gasteiger partial charge in [0.1, 0.15) is 11.9 Å². The molecule has 0 spiro atoms. The predicted octanol–water partition coefficient (Wildman–Crippen LogP) is 5.30. The average molecular weight is 809 g/mol. The number of likely N-dealkylation sites (tertiary alicyclic amines) is 1. The average Bonchev–Trinajstić information content (AvgIpc) is 3.55. The molecular formula is C42H46ClFN10O4. The molecule has 3 aromatic heterocycles. The van der Waals surface area contributed by atoms with E-state index in [1.54, 1.807) is 18.1 Å². The number of nitrogens with one attached hydrogen (secondary N) is 3. The fourth-order valence-corrected chi connectivity index (χ4v) is 8.55. The summed E-state index contributed by atoms with van der Waals surface area (Å²) in [5, 5.41) is 24.3. The lowest BCUT2D eigenvalue weighted by Crippen LogP contribution is -2.54. The summed E-state index contributed by atoms with van der Waals surface area (Å²) < 4.78 is 21.2. The van der Waals surface area contributed by atoms with Gasteiger partial charge in [0.05, 0.1) is 47.1 Å². The Morgan fingerprint density at radius 1 is 1.03 bits per heavy atom. The van der Waals surface area contributed by atoms with Crippen LogP contribution in [0, 0.1) is 5.92 Å². The third-order valence-corrected chi connectivity index (χ3v) is 12.0. The second kappa shape index (κ2) is 16.0. The summed E-state index contributed by atoms with van der Waals surface area (Å²) >= 11 is 6.49. The molecule has 1 aliphatic carbocycles. The number of anilines is 4. The van der Waals surface area contributed by atoms with E-state index in [1.165, 1.54) is 16.3 Å². The highest BCUT2D eigenvalue weighted by Crippen LogP contribution is 2.40. The van der Waals surface area contributed by atoms with Gasteiger partial charge in [-0.2, -0.15) is 0 Å². The van der Waals surface area contributed by atoms with Gasteiger partial charge in [0.25, 0.3) is 5.91 Å². The summed E-state index contributed by atoms with van der Waals surface area (Å²) in [5.41, 5.74) is 7.46. The second-order valence-corrected chi connectivity index (χ2v) is 15.9. The molecule has 3 fully saturated rings. The number of aliphatic hydroxyl groups is 1. The number of nitrogens with zero attached hydrogens (tertiary/aromatic N) is 7. The largest absolute Gasteiger partial charge is 0.492 e. The van der Waals surface area contributed by atoms with Crippen LogP contribution in [0.15, 0.2) is 67.0 Å². The number of carbonyl (C=O) groups is 2.